The van der Waals surface area contributed by atoms with Gasteiger partial charge in [-0.1, -0.05) is 6.07 Å². The Morgan fingerprint density at radius 1 is 1.05 bits per heavy atom. The minimum atomic E-state index is -4.99. The summed E-state index contributed by atoms with van der Waals surface area (Å²) in [5, 5.41) is 8.78. The molecule has 3 rings (SSSR count). The Morgan fingerprint density at radius 2 is 1.70 bits per heavy atom. The van der Waals surface area contributed by atoms with Crippen LogP contribution in [0.5, 0.6) is 11.8 Å². The van der Waals surface area contributed by atoms with Crippen molar-refractivity contribution in [3.8, 4) is 11.8 Å². The molecule has 0 radical (unpaired) electrons. The van der Waals surface area contributed by atoms with Crippen LogP contribution in [0.15, 0.2) is 40.3 Å². The molecule has 0 spiro atoms. The van der Waals surface area contributed by atoms with E-state index in [1.54, 1.807) is 0 Å². The summed E-state index contributed by atoms with van der Waals surface area (Å²) in [5.41, 5.74) is -3.27. The number of nitrogens with one attached hydrogen (secondary N) is 2. The van der Waals surface area contributed by atoms with Crippen LogP contribution in [-0.4, -0.2) is 46.2 Å². The van der Waals surface area contributed by atoms with Crippen LogP contribution in [-0.2, 0) is 25.7 Å². The van der Waals surface area contributed by atoms with Crippen molar-refractivity contribution in [2.45, 2.75) is 29.8 Å². The highest BCUT2D eigenvalue weighted by Crippen LogP contribution is 2.36. The normalized spacial score (nSPS) is 13.6. The molecule has 0 aliphatic carbocycles. The van der Waals surface area contributed by atoms with Gasteiger partial charge in [-0.15, -0.1) is 10.2 Å². The Morgan fingerprint density at radius 3 is 2.27 bits per heavy atom. The van der Waals surface area contributed by atoms with Crippen molar-refractivity contribution in [2.75, 3.05) is 17.8 Å². The van der Waals surface area contributed by atoms with Crippen molar-refractivity contribution >= 4 is 31.2 Å². The number of hydrogen-bond acceptors (Lipinski definition) is 9. The van der Waals surface area contributed by atoms with Gasteiger partial charge in [-0.2, -0.15) is 13.2 Å². The molecule has 2 heterocycles. The smallest absolute Gasteiger partial charge is 0.418 e. The van der Waals surface area contributed by atoms with Gasteiger partial charge < -0.3 is 10.1 Å². The van der Waals surface area contributed by atoms with Gasteiger partial charge in [0.05, 0.1) is 15.9 Å². The Hall–Kier alpha value is -3.66. The maximum Gasteiger partial charge on any atom is 0.435 e. The van der Waals surface area contributed by atoms with Crippen LogP contribution < -0.4 is 10.1 Å². The van der Waals surface area contributed by atoms with E-state index in [9.17, 15) is 35.0 Å². The Kier molecular flexibility index (Phi) is 7.29. The summed E-state index contributed by atoms with van der Waals surface area (Å²) >= 11 is 0. The molecule has 37 heavy (non-hydrogen) atoms. The van der Waals surface area contributed by atoms with Crippen LogP contribution >= 0.6 is 0 Å². The van der Waals surface area contributed by atoms with Crippen LogP contribution in [0.3, 0.4) is 0 Å². The van der Waals surface area contributed by atoms with Gasteiger partial charge >= 0.3 is 6.18 Å². The van der Waals surface area contributed by atoms with Gasteiger partial charge in [-0.3, -0.25) is 4.79 Å². The number of pyridine rings is 1. The maximum atomic E-state index is 14.6. The second-order valence-electron chi connectivity index (χ2n) is 7.92. The SMILES string of the molecule is Cc1c(Oc2nnc(C(F)(F)F)c(C)c2C(=O)Nc2cccc(S(C)(=N)=O)c2)ncc(S(C)(=O)=O)c1F. The van der Waals surface area contributed by atoms with Gasteiger partial charge in [-0.05, 0) is 37.6 Å². The third kappa shape index (κ3) is 6.02. The molecule has 0 saturated heterocycles. The predicted octanol–water partition coefficient (Wildman–Crippen LogP) is 4.13. The number of aromatic nitrogens is 3. The highest BCUT2D eigenvalue weighted by atomic mass is 32.2. The summed E-state index contributed by atoms with van der Waals surface area (Å²) in [6.07, 6.45) is -2.42. The van der Waals surface area contributed by atoms with Crippen molar-refractivity contribution in [2.24, 2.45) is 0 Å². The maximum absolute atomic E-state index is 14.6. The van der Waals surface area contributed by atoms with E-state index in [0.29, 0.717) is 6.20 Å². The molecule has 0 aliphatic heterocycles. The number of halogens is 4. The number of amides is 1. The lowest BCUT2D eigenvalue weighted by Crippen LogP contribution is -2.21. The van der Waals surface area contributed by atoms with Crippen LogP contribution in [0.1, 0.15) is 27.2 Å². The van der Waals surface area contributed by atoms with Crippen molar-refractivity contribution < 1.29 is 39.7 Å². The molecule has 0 fully saturated rings. The Balaban J connectivity index is 2.12. The Labute approximate surface area is 209 Å². The summed E-state index contributed by atoms with van der Waals surface area (Å²) in [4.78, 5) is 16.1. The number of ether oxygens (including phenoxy) is 1. The molecule has 1 atom stereocenters. The van der Waals surface area contributed by atoms with Gasteiger partial charge in [0.2, 0.25) is 5.88 Å². The molecule has 198 valence electrons. The minimum Gasteiger partial charge on any atom is -0.418 e. The fraction of sp³-hybridized carbons (Fsp3) is 0.238. The summed E-state index contributed by atoms with van der Waals surface area (Å²) in [5.74, 6) is -3.66. The van der Waals surface area contributed by atoms with Crippen LogP contribution in [0, 0.1) is 24.4 Å². The highest BCUT2D eigenvalue weighted by Gasteiger charge is 2.38. The number of anilines is 1. The second-order valence-corrected chi connectivity index (χ2v) is 12.1. The van der Waals surface area contributed by atoms with Gasteiger partial charge in [0, 0.05) is 28.7 Å². The van der Waals surface area contributed by atoms with Crippen molar-refractivity contribution in [3.05, 3.63) is 58.7 Å². The first-order valence-corrected chi connectivity index (χ1v) is 13.9. The largest absolute Gasteiger partial charge is 0.435 e. The zero-order valence-corrected chi connectivity index (χ0v) is 21.2. The topological polar surface area (TPSA) is 152 Å². The first-order chi connectivity index (χ1) is 16.9. The number of hydrogen-bond donors (Lipinski definition) is 2. The average molecular weight is 562 g/mol. The molecule has 16 heteroatoms. The van der Waals surface area contributed by atoms with Crippen molar-refractivity contribution in [3.63, 3.8) is 0 Å². The quantitative estimate of drug-likeness (QED) is 0.426. The summed E-state index contributed by atoms with van der Waals surface area (Å²) in [6, 6.07) is 5.34. The third-order valence-corrected chi connectivity index (χ3v) is 7.22. The number of nitrogens with zero attached hydrogens (tertiary/aromatic N) is 3. The standard InChI is InChI=1S/C21H19F4N5O5S2/c1-10-15(18(31)28-12-6-5-7-13(8-12)36(3,26)32)20(30-29-17(10)21(23,24)25)35-19-11(2)16(22)14(9-27-19)37(4,33)34/h5-9,26H,1-4H3,(H,28,31). The van der Waals surface area contributed by atoms with E-state index >= 15 is 0 Å². The Bertz CT molecular complexity index is 1620. The van der Waals surface area contributed by atoms with E-state index in [1.807, 2.05) is 0 Å². The molecule has 1 amide bonds. The van der Waals surface area contributed by atoms with Crippen LogP contribution in [0.2, 0.25) is 0 Å². The van der Waals surface area contributed by atoms with E-state index in [0.717, 1.165) is 26.4 Å². The summed E-state index contributed by atoms with van der Waals surface area (Å²) in [7, 11) is -7.15. The lowest BCUT2D eigenvalue weighted by Gasteiger charge is -2.16. The molecule has 2 N–H and O–H groups in total. The van der Waals surface area contributed by atoms with Crippen LogP contribution in [0.4, 0.5) is 23.2 Å². The summed E-state index contributed by atoms with van der Waals surface area (Å²) < 4.78 is 104. The number of sulfone groups is 1. The highest BCUT2D eigenvalue weighted by molar-refractivity contribution is 7.91. The lowest BCUT2D eigenvalue weighted by atomic mass is 10.1. The number of carbonyl (C=O) groups excluding carboxylic acids is 1. The molecule has 3 aromatic rings. The number of alkyl halides is 3. The molecular weight excluding hydrogens is 542 g/mol. The van der Waals surface area contributed by atoms with Gasteiger partial charge in [0.25, 0.3) is 11.8 Å². The molecule has 0 saturated carbocycles. The second kappa shape index (κ2) is 9.66. The minimum absolute atomic E-state index is 0.0119. The van der Waals surface area contributed by atoms with E-state index < -0.39 is 76.5 Å². The molecule has 1 unspecified atom stereocenters. The zero-order valence-electron chi connectivity index (χ0n) is 19.6. The predicted molar refractivity (Wildman–Crippen MR) is 123 cm³/mol. The molecule has 0 aliphatic rings. The van der Waals surface area contributed by atoms with E-state index in [-0.39, 0.29) is 10.6 Å². The first kappa shape index (κ1) is 27.9. The first-order valence-electron chi connectivity index (χ1n) is 10.0. The lowest BCUT2D eigenvalue weighted by molar-refractivity contribution is -0.142. The van der Waals surface area contributed by atoms with Crippen molar-refractivity contribution in [1.29, 1.82) is 4.78 Å². The molecule has 0 bridgehead atoms. The van der Waals surface area contributed by atoms with Gasteiger partial charge in [0.15, 0.2) is 21.3 Å². The van der Waals surface area contributed by atoms with E-state index in [4.69, 9.17) is 9.52 Å². The fourth-order valence-electron chi connectivity index (χ4n) is 3.12. The van der Waals surface area contributed by atoms with E-state index in [1.165, 1.54) is 24.3 Å². The summed E-state index contributed by atoms with van der Waals surface area (Å²) in [6.45, 7) is 2.07. The average Bonchev–Trinajstić information content (AvgIpc) is 2.74. The van der Waals surface area contributed by atoms with Crippen LogP contribution in [0.25, 0.3) is 0 Å². The van der Waals surface area contributed by atoms with Gasteiger partial charge in [0.1, 0.15) is 10.5 Å². The molecule has 1 aromatic carbocycles. The number of benzene rings is 1. The van der Waals surface area contributed by atoms with Gasteiger partial charge in [-0.25, -0.2) is 26.8 Å². The monoisotopic (exact) mass is 561 g/mol. The number of carbonyl (C=O) groups is 1. The fourth-order valence-corrected chi connectivity index (χ4v) is 4.53. The molecule has 2 aromatic heterocycles. The number of rotatable bonds is 6. The molecular formula is C21H19F4N5O5S2. The molecule has 10 nitrogen and oxygen atoms in total. The third-order valence-electron chi connectivity index (χ3n) is 4.98. The van der Waals surface area contributed by atoms with Crippen molar-refractivity contribution in [1.82, 2.24) is 15.2 Å². The zero-order chi connectivity index (χ0) is 27.9. The van der Waals surface area contributed by atoms with E-state index in [2.05, 4.69) is 20.5 Å².